The molecule has 0 aromatic heterocycles. The molecule has 3 N–H and O–H groups in total. The standard InChI is InChI=1S/C14H22N2O2/c1-4-10(3)16-13(14(15)17)11-6-8-12(9-7-11)18-5-2/h6-10,13,16H,4-5H2,1-3H3,(H2,15,17). The van der Waals surface area contributed by atoms with Gasteiger partial charge in [-0.05, 0) is 38.0 Å². The highest BCUT2D eigenvalue weighted by Crippen LogP contribution is 2.18. The largest absolute Gasteiger partial charge is 0.494 e. The summed E-state index contributed by atoms with van der Waals surface area (Å²) < 4.78 is 5.37. The molecule has 0 fully saturated rings. The fraction of sp³-hybridized carbons (Fsp3) is 0.500. The highest BCUT2D eigenvalue weighted by molar-refractivity contribution is 5.81. The van der Waals surface area contributed by atoms with Crippen molar-refractivity contribution in [2.45, 2.75) is 39.3 Å². The molecule has 2 unspecified atom stereocenters. The molecule has 2 atom stereocenters. The molecular weight excluding hydrogens is 228 g/mol. The minimum absolute atomic E-state index is 0.245. The zero-order chi connectivity index (χ0) is 13.5. The lowest BCUT2D eigenvalue weighted by Gasteiger charge is -2.20. The molecule has 1 amide bonds. The van der Waals surface area contributed by atoms with Crippen molar-refractivity contribution in [3.8, 4) is 5.75 Å². The molecule has 0 spiro atoms. The number of primary amides is 1. The maximum absolute atomic E-state index is 11.5. The first kappa shape index (κ1) is 14.5. The monoisotopic (exact) mass is 250 g/mol. The molecule has 100 valence electrons. The molecular formula is C14H22N2O2. The van der Waals surface area contributed by atoms with Gasteiger partial charge < -0.3 is 10.5 Å². The molecule has 4 nitrogen and oxygen atoms in total. The summed E-state index contributed by atoms with van der Waals surface area (Å²) in [4.78, 5) is 11.5. The van der Waals surface area contributed by atoms with Gasteiger partial charge in [0.1, 0.15) is 11.8 Å². The minimum Gasteiger partial charge on any atom is -0.494 e. The van der Waals surface area contributed by atoms with Crippen molar-refractivity contribution >= 4 is 5.91 Å². The number of nitrogens with one attached hydrogen (secondary N) is 1. The van der Waals surface area contributed by atoms with E-state index in [0.29, 0.717) is 6.61 Å². The average Bonchev–Trinajstić information content (AvgIpc) is 2.37. The Labute approximate surface area is 109 Å². The van der Waals surface area contributed by atoms with Crippen molar-refractivity contribution in [1.29, 1.82) is 0 Å². The van der Waals surface area contributed by atoms with Gasteiger partial charge in [-0.1, -0.05) is 19.1 Å². The summed E-state index contributed by atoms with van der Waals surface area (Å²) in [6, 6.07) is 7.25. The number of hydrogen-bond acceptors (Lipinski definition) is 3. The van der Waals surface area contributed by atoms with E-state index < -0.39 is 6.04 Å². The van der Waals surface area contributed by atoms with Crippen molar-refractivity contribution in [1.82, 2.24) is 5.32 Å². The first-order chi connectivity index (χ1) is 8.58. The molecule has 1 aromatic rings. The summed E-state index contributed by atoms with van der Waals surface area (Å²) in [5.41, 5.74) is 6.30. The number of ether oxygens (including phenoxy) is 1. The van der Waals surface area contributed by atoms with Crippen LogP contribution < -0.4 is 15.8 Å². The van der Waals surface area contributed by atoms with E-state index in [4.69, 9.17) is 10.5 Å². The van der Waals surface area contributed by atoms with Gasteiger partial charge >= 0.3 is 0 Å². The average molecular weight is 250 g/mol. The molecule has 0 bridgehead atoms. The van der Waals surface area contributed by atoms with Gasteiger partial charge in [-0.2, -0.15) is 0 Å². The molecule has 4 heteroatoms. The van der Waals surface area contributed by atoms with Crippen LogP contribution in [0.3, 0.4) is 0 Å². The van der Waals surface area contributed by atoms with E-state index in [-0.39, 0.29) is 11.9 Å². The number of hydrogen-bond donors (Lipinski definition) is 2. The topological polar surface area (TPSA) is 64.3 Å². The Balaban J connectivity index is 2.82. The molecule has 0 radical (unpaired) electrons. The molecule has 0 aliphatic carbocycles. The van der Waals surface area contributed by atoms with E-state index in [1.165, 1.54) is 0 Å². The summed E-state index contributed by atoms with van der Waals surface area (Å²) in [6.45, 7) is 6.66. The molecule has 1 rings (SSSR count). The van der Waals surface area contributed by atoms with Gasteiger partial charge in [-0.25, -0.2) is 0 Å². The highest BCUT2D eigenvalue weighted by atomic mass is 16.5. The van der Waals surface area contributed by atoms with Crippen LogP contribution in [0.15, 0.2) is 24.3 Å². The van der Waals surface area contributed by atoms with Gasteiger partial charge in [0.25, 0.3) is 0 Å². The zero-order valence-electron chi connectivity index (χ0n) is 11.3. The third-order valence-electron chi connectivity index (χ3n) is 2.87. The van der Waals surface area contributed by atoms with Gasteiger partial charge in [-0.3, -0.25) is 10.1 Å². The van der Waals surface area contributed by atoms with Gasteiger partial charge in [0.2, 0.25) is 5.91 Å². The van der Waals surface area contributed by atoms with Crippen molar-refractivity contribution in [3.05, 3.63) is 29.8 Å². The predicted molar refractivity (Wildman–Crippen MR) is 72.4 cm³/mol. The lowest BCUT2D eigenvalue weighted by Crippen LogP contribution is -2.38. The fourth-order valence-corrected chi connectivity index (χ4v) is 1.67. The van der Waals surface area contributed by atoms with Crippen LogP contribution in [-0.2, 0) is 4.79 Å². The number of benzene rings is 1. The molecule has 0 saturated heterocycles. The van der Waals surface area contributed by atoms with Crippen molar-refractivity contribution in [3.63, 3.8) is 0 Å². The van der Waals surface area contributed by atoms with E-state index >= 15 is 0 Å². The van der Waals surface area contributed by atoms with Crippen LogP contribution in [0.4, 0.5) is 0 Å². The normalized spacial score (nSPS) is 13.9. The quantitative estimate of drug-likeness (QED) is 0.778. The Bertz CT molecular complexity index is 376. The van der Waals surface area contributed by atoms with E-state index in [9.17, 15) is 4.79 Å². The lowest BCUT2D eigenvalue weighted by atomic mass is 10.0. The summed E-state index contributed by atoms with van der Waals surface area (Å²) in [6.07, 6.45) is 0.945. The van der Waals surface area contributed by atoms with Crippen molar-refractivity contribution in [2.24, 2.45) is 5.73 Å². The summed E-state index contributed by atoms with van der Waals surface area (Å²) in [5, 5.41) is 3.22. The van der Waals surface area contributed by atoms with Gasteiger partial charge in [0, 0.05) is 6.04 Å². The van der Waals surface area contributed by atoms with Gasteiger partial charge in [-0.15, -0.1) is 0 Å². The van der Waals surface area contributed by atoms with E-state index in [1.54, 1.807) is 0 Å². The Hall–Kier alpha value is -1.55. The number of carbonyl (C=O) groups excluding carboxylic acids is 1. The number of nitrogens with two attached hydrogens (primary N) is 1. The number of amides is 1. The van der Waals surface area contributed by atoms with Crippen LogP contribution in [0.2, 0.25) is 0 Å². The third-order valence-corrected chi connectivity index (χ3v) is 2.87. The molecule has 0 aliphatic heterocycles. The van der Waals surface area contributed by atoms with Crippen LogP contribution in [0.1, 0.15) is 38.8 Å². The maximum atomic E-state index is 11.5. The Morgan fingerprint density at radius 1 is 1.33 bits per heavy atom. The zero-order valence-corrected chi connectivity index (χ0v) is 11.3. The Morgan fingerprint density at radius 2 is 1.94 bits per heavy atom. The minimum atomic E-state index is -0.448. The van der Waals surface area contributed by atoms with Gasteiger partial charge in [0.15, 0.2) is 0 Å². The summed E-state index contributed by atoms with van der Waals surface area (Å²) >= 11 is 0. The van der Waals surface area contributed by atoms with Crippen molar-refractivity contribution in [2.75, 3.05) is 6.61 Å². The molecule has 18 heavy (non-hydrogen) atoms. The van der Waals surface area contributed by atoms with E-state index in [2.05, 4.69) is 12.2 Å². The molecule has 0 aliphatic rings. The molecule has 0 saturated carbocycles. The number of carbonyl (C=O) groups is 1. The Kier molecular flexibility index (Phi) is 5.65. The second kappa shape index (κ2) is 7.01. The van der Waals surface area contributed by atoms with Crippen LogP contribution in [0.5, 0.6) is 5.75 Å². The van der Waals surface area contributed by atoms with Crippen molar-refractivity contribution < 1.29 is 9.53 Å². The summed E-state index contributed by atoms with van der Waals surface area (Å²) in [5.74, 6) is 0.437. The predicted octanol–water partition coefficient (Wildman–Crippen LogP) is 2.00. The first-order valence-electron chi connectivity index (χ1n) is 6.36. The third kappa shape index (κ3) is 4.04. The van der Waals surface area contributed by atoms with E-state index in [0.717, 1.165) is 17.7 Å². The smallest absolute Gasteiger partial charge is 0.239 e. The van der Waals surface area contributed by atoms with Crippen LogP contribution in [-0.4, -0.2) is 18.6 Å². The fourth-order valence-electron chi connectivity index (χ4n) is 1.67. The second-order valence-corrected chi connectivity index (χ2v) is 4.31. The SMILES string of the molecule is CCOc1ccc(C(NC(C)CC)C(N)=O)cc1. The lowest BCUT2D eigenvalue weighted by molar-refractivity contribution is -0.120. The summed E-state index contributed by atoms with van der Waals surface area (Å²) in [7, 11) is 0. The van der Waals surface area contributed by atoms with Crippen LogP contribution in [0, 0.1) is 0 Å². The van der Waals surface area contributed by atoms with Gasteiger partial charge in [0.05, 0.1) is 6.61 Å². The Morgan fingerprint density at radius 3 is 2.39 bits per heavy atom. The highest BCUT2D eigenvalue weighted by Gasteiger charge is 2.19. The van der Waals surface area contributed by atoms with Crippen LogP contribution >= 0.6 is 0 Å². The molecule has 0 heterocycles. The second-order valence-electron chi connectivity index (χ2n) is 4.31. The van der Waals surface area contributed by atoms with E-state index in [1.807, 2.05) is 38.1 Å². The molecule has 1 aromatic carbocycles. The number of rotatable bonds is 7. The maximum Gasteiger partial charge on any atom is 0.239 e. The van der Waals surface area contributed by atoms with Crippen LogP contribution in [0.25, 0.3) is 0 Å². The first-order valence-corrected chi connectivity index (χ1v) is 6.36.